The van der Waals surface area contributed by atoms with Gasteiger partial charge in [-0.2, -0.15) is 0 Å². The molecule has 1 aromatic heterocycles. The summed E-state index contributed by atoms with van der Waals surface area (Å²) in [6, 6.07) is 7.45. The van der Waals surface area contributed by atoms with Crippen molar-refractivity contribution in [2.75, 3.05) is 17.0 Å². The molecule has 0 aliphatic rings. The van der Waals surface area contributed by atoms with Gasteiger partial charge in [-0.25, -0.2) is 8.42 Å². The van der Waals surface area contributed by atoms with E-state index in [0.29, 0.717) is 11.4 Å². The lowest BCUT2D eigenvalue weighted by atomic mass is 10.2. The first-order valence-corrected chi connectivity index (χ1v) is 7.83. The number of benzene rings is 1. The maximum atomic E-state index is 12.1. The number of rotatable bonds is 4. The smallest absolute Gasteiger partial charge is 0.259 e. The predicted octanol–water partition coefficient (Wildman–Crippen LogP) is 1.02. The third-order valence-corrected chi connectivity index (χ3v) is 3.89. The lowest BCUT2D eigenvalue weighted by molar-refractivity contribution is 0.102. The molecule has 0 aliphatic heterocycles. The largest absolute Gasteiger partial charge is 0.323 e. The van der Waals surface area contributed by atoms with Gasteiger partial charge in [-0.15, -0.1) is 0 Å². The van der Waals surface area contributed by atoms with E-state index in [-0.39, 0.29) is 10.5 Å². The molecule has 0 spiro atoms. The number of hydrogen-bond acceptors (Lipinski definition) is 6. The predicted molar refractivity (Wildman–Crippen MR) is 79.6 cm³/mol. The zero-order valence-electron chi connectivity index (χ0n) is 11.2. The molecule has 2 rings (SSSR count). The Bertz CT molecular complexity index is 757. The molecule has 0 radical (unpaired) electrons. The monoisotopic (exact) mass is 306 g/mol. The second-order valence-electron chi connectivity index (χ2n) is 4.32. The molecule has 21 heavy (non-hydrogen) atoms. The maximum absolute atomic E-state index is 12.1. The molecule has 2 aromatic rings. The molecule has 4 N–H and O–H groups in total. The first kappa shape index (κ1) is 14.9. The molecule has 0 saturated carbocycles. The fraction of sp³-hybridized carbons (Fsp3) is 0.0769. The van der Waals surface area contributed by atoms with Crippen LogP contribution in [-0.2, 0) is 9.84 Å². The van der Waals surface area contributed by atoms with Gasteiger partial charge in [0.25, 0.3) is 5.91 Å². The Balaban J connectivity index is 2.20. The maximum Gasteiger partial charge on any atom is 0.259 e. The Morgan fingerprint density at radius 1 is 1.19 bits per heavy atom. The van der Waals surface area contributed by atoms with Crippen LogP contribution in [0.2, 0.25) is 0 Å². The zero-order valence-corrected chi connectivity index (χ0v) is 12.0. The molecule has 0 aliphatic carbocycles. The lowest BCUT2D eigenvalue weighted by Gasteiger charge is -2.09. The number of nitrogens with one attached hydrogen (secondary N) is 2. The van der Waals surface area contributed by atoms with Crippen LogP contribution in [0.25, 0.3) is 0 Å². The average molecular weight is 306 g/mol. The lowest BCUT2D eigenvalue weighted by Crippen LogP contribution is -2.17. The Hall–Kier alpha value is -2.45. The van der Waals surface area contributed by atoms with Crippen molar-refractivity contribution in [3.05, 3.63) is 48.3 Å². The summed E-state index contributed by atoms with van der Waals surface area (Å²) in [6.07, 6.45) is 4.01. The van der Waals surface area contributed by atoms with Crippen LogP contribution >= 0.6 is 0 Å². The van der Waals surface area contributed by atoms with E-state index in [9.17, 15) is 13.2 Å². The van der Waals surface area contributed by atoms with Gasteiger partial charge in [-0.1, -0.05) is 0 Å². The highest BCUT2D eigenvalue weighted by Gasteiger charge is 2.12. The van der Waals surface area contributed by atoms with Gasteiger partial charge in [0.05, 0.1) is 16.1 Å². The van der Waals surface area contributed by atoms with Crippen molar-refractivity contribution in [1.82, 2.24) is 4.98 Å². The van der Waals surface area contributed by atoms with Crippen molar-refractivity contribution in [3.8, 4) is 0 Å². The summed E-state index contributed by atoms with van der Waals surface area (Å²) in [7, 11) is -3.26. The first-order chi connectivity index (χ1) is 9.91. The quantitative estimate of drug-likeness (QED) is 0.574. The van der Waals surface area contributed by atoms with Gasteiger partial charge in [0.2, 0.25) is 0 Å². The van der Waals surface area contributed by atoms with Gasteiger partial charge in [0.15, 0.2) is 9.84 Å². The molecule has 110 valence electrons. The molecule has 8 heteroatoms. The topological polar surface area (TPSA) is 114 Å². The molecule has 0 fully saturated rings. The molecule has 0 atom stereocenters. The van der Waals surface area contributed by atoms with Gasteiger partial charge >= 0.3 is 0 Å². The van der Waals surface area contributed by atoms with Gasteiger partial charge in [0, 0.05) is 24.3 Å². The summed E-state index contributed by atoms with van der Waals surface area (Å²) in [6.45, 7) is 0. The van der Waals surface area contributed by atoms with Crippen LogP contribution in [0.1, 0.15) is 10.4 Å². The van der Waals surface area contributed by atoms with Crippen LogP contribution in [0.5, 0.6) is 0 Å². The SMILES string of the molecule is CS(=O)(=O)c1ccc(NC(=O)c2cnccc2NN)cc1. The first-order valence-electron chi connectivity index (χ1n) is 5.94. The van der Waals surface area contributed by atoms with E-state index in [2.05, 4.69) is 15.7 Å². The molecular weight excluding hydrogens is 292 g/mol. The molecule has 0 bridgehead atoms. The van der Waals surface area contributed by atoms with Crippen LogP contribution < -0.4 is 16.6 Å². The Kier molecular flexibility index (Phi) is 4.20. The van der Waals surface area contributed by atoms with Crippen molar-refractivity contribution in [3.63, 3.8) is 0 Å². The fourth-order valence-corrected chi connectivity index (χ4v) is 2.32. The summed E-state index contributed by atoms with van der Waals surface area (Å²) in [5, 5.41) is 2.64. The van der Waals surface area contributed by atoms with Crippen LogP contribution in [-0.4, -0.2) is 25.6 Å². The number of hydrogen-bond donors (Lipinski definition) is 3. The minimum atomic E-state index is -3.26. The number of nitrogens with two attached hydrogens (primary N) is 1. The third-order valence-electron chi connectivity index (χ3n) is 2.76. The third kappa shape index (κ3) is 3.56. The molecule has 1 aromatic carbocycles. The zero-order chi connectivity index (χ0) is 15.5. The van der Waals surface area contributed by atoms with E-state index < -0.39 is 15.7 Å². The van der Waals surface area contributed by atoms with Crippen molar-refractivity contribution in [2.45, 2.75) is 4.90 Å². The Morgan fingerprint density at radius 2 is 1.86 bits per heavy atom. The van der Waals surface area contributed by atoms with Crippen LogP contribution in [0.3, 0.4) is 0 Å². The van der Waals surface area contributed by atoms with Crippen molar-refractivity contribution in [1.29, 1.82) is 0 Å². The second-order valence-corrected chi connectivity index (χ2v) is 6.33. The van der Waals surface area contributed by atoms with E-state index in [1.165, 1.54) is 36.7 Å². The van der Waals surface area contributed by atoms with Crippen molar-refractivity contribution >= 4 is 27.1 Å². The van der Waals surface area contributed by atoms with Gasteiger partial charge in [-0.05, 0) is 30.3 Å². The van der Waals surface area contributed by atoms with E-state index in [1.54, 1.807) is 6.07 Å². The molecule has 1 heterocycles. The fourth-order valence-electron chi connectivity index (χ4n) is 1.69. The molecule has 7 nitrogen and oxygen atoms in total. The number of amides is 1. The number of nitrogen functional groups attached to an aromatic ring is 1. The van der Waals surface area contributed by atoms with Gasteiger partial charge in [-0.3, -0.25) is 15.6 Å². The molecule has 1 amide bonds. The number of carbonyl (C=O) groups is 1. The van der Waals surface area contributed by atoms with E-state index in [0.717, 1.165) is 6.26 Å². The highest BCUT2D eigenvalue weighted by atomic mass is 32.2. The van der Waals surface area contributed by atoms with E-state index in [1.807, 2.05) is 0 Å². The Morgan fingerprint density at radius 3 is 2.43 bits per heavy atom. The van der Waals surface area contributed by atoms with Gasteiger partial charge < -0.3 is 10.7 Å². The summed E-state index contributed by atoms with van der Waals surface area (Å²) in [5.41, 5.74) is 3.61. The van der Waals surface area contributed by atoms with E-state index >= 15 is 0 Å². The number of nitrogens with zero attached hydrogens (tertiary/aromatic N) is 1. The average Bonchev–Trinajstić information content (AvgIpc) is 2.46. The van der Waals surface area contributed by atoms with Crippen molar-refractivity contribution in [2.24, 2.45) is 5.84 Å². The Labute approximate surface area is 122 Å². The number of anilines is 2. The number of pyridine rings is 1. The summed E-state index contributed by atoms with van der Waals surface area (Å²) < 4.78 is 22.7. The standard InChI is InChI=1S/C13H14N4O3S/c1-21(19,20)10-4-2-9(3-5-10)16-13(18)11-8-15-7-6-12(11)17-14/h2-8H,14H2,1H3,(H,15,17)(H,16,18). The highest BCUT2D eigenvalue weighted by Crippen LogP contribution is 2.17. The minimum absolute atomic E-state index is 0.186. The second kappa shape index (κ2) is 5.90. The van der Waals surface area contributed by atoms with E-state index in [4.69, 9.17) is 5.84 Å². The molecule has 0 saturated heterocycles. The number of hydrazine groups is 1. The van der Waals surface area contributed by atoms with Crippen LogP contribution in [0, 0.1) is 0 Å². The number of aromatic nitrogens is 1. The number of carbonyl (C=O) groups excluding carboxylic acids is 1. The minimum Gasteiger partial charge on any atom is -0.323 e. The van der Waals surface area contributed by atoms with Crippen LogP contribution in [0.15, 0.2) is 47.6 Å². The van der Waals surface area contributed by atoms with Crippen LogP contribution in [0.4, 0.5) is 11.4 Å². The number of sulfone groups is 1. The highest BCUT2D eigenvalue weighted by molar-refractivity contribution is 7.90. The molecular formula is C13H14N4O3S. The normalized spacial score (nSPS) is 11.0. The summed E-state index contributed by atoms with van der Waals surface area (Å²) >= 11 is 0. The summed E-state index contributed by atoms with van der Waals surface area (Å²) in [5.74, 6) is 4.93. The molecule has 0 unspecified atom stereocenters. The van der Waals surface area contributed by atoms with Crippen molar-refractivity contribution < 1.29 is 13.2 Å². The summed E-state index contributed by atoms with van der Waals surface area (Å²) in [4.78, 5) is 16.2. The van der Waals surface area contributed by atoms with Gasteiger partial charge in [0.1, 0.15) is 0 Å².